The highest BCUT2D eigenvalue weighted by molar-refractivity contribution is 9.10. The standard InChI is InChI=1S/C14H15BrN4O2/c1-21-6-5-16-14-17-8-10(9-18-14)13(20)19-12-4-2-3-11(15)7-12/h2-4,7-9H,5-6H2,1H3,(H,19,20)(H,16,17,18). The van der Waals surface area contributed by atoms with Crippen molar-refractivity contribution in [2.24, 2.45) is 0 Å². The summed E-state index contributed by atoms with van der Waals surface area (Å²) in [5, 5.41) is 5.77. The topological polar surface area (TPSA) is 76.1 Å². The summed E-state index contributed by atoms with van der Waals surface area (Å²) in [7, 11) is 1.62. The second-order valence-electron chi connectivity index (χ2n) is 4.18. The zero-order valence-electron chi connectivity index (χ0n) is 11.5. The number of anilines is 2. The number of ether oxygens (including phenoxy) is 1. The third-order valence-corrected chi connectivity index (χ3v) is 3.08. The summed E-state index contributed by atoms with van der Waals surface area (Å²) in [5.74, 6) is 0.211. The van der Waals surface area contributed by atoms with Gasteiger partial charge in [-0.1, -0.05) is 22.0 Å². The molecule has 6 nitrogen and oxygen atoms in total. The Balaban J connectivity index is 1.96. The predicted molar refractivity (Wildman–Crippen MR) is 84.5 cm³/mol. The molecule has 1 aromatic heterocycles. The van der Waals surface area contributed by atoms with E-state index < -0.39 is 0 Å². The summed E-state index contributed by atoms with van der Waals surface area (Å²) in [6, 6.07) is 7.36. The van der Waals surface area contributed by atoms with Gasteiger partial charge in [-0.15, -0.1) is 0 Å². The summed E-state index contributed by atoms with van der Waals surface area (Å²) in [5.41, 5.74) is 1.10. The number of hydrogen-bond donors (Lipinski definition) is 2. The van der Waals surface area contributed by atoms with Crippen LogP contribution in [0.2, 0.25) is 0 Å². The van der Waals surface area contributed by atoms with Crippen LogP contribution in [-0.4, -0.2) is 36.1 Å². The number of carbonyl (C=O) groups is 1. The first-order valence-electron chi connectivity index (χ1n) is 6.31. The molecule has 0 spiro atoms. The smallest absolute Gasteiger partial charge is 0.258 e. The number of carbonyl (C=O) groups excluding carboxylic acids is 1. The minimum Gasteiger partial charge on any atom is -0.383 e. The SMILES string of the molecule is COCCNc1ncc(C(=O)Nc2cccc(Br)c2)cn1. The molecular formula is C14H15BrN4O2. The predicted octanol–water partition coefficient (Wildman–Crippen LogP) is 2.55. The Morgan fingerprint density at radius 1 is 1.33 bits per heavy atom. The van der Waals surface area contributed by atoms with Gasteiger partial charge in [0.25, 0.3) is 5.91 Å². The zero-order chi connectivity index (χ0) is 15.1. The third-order valence-electron chi connectivity index (χ3n) is 2.59. The van der Waals surface area contributed by atoms with Crippen molar-refractivity contribution in [1.82, 2.24) is 9.97 Å². The quantitative estimate of drug-likeness (QED) is 0.783. The van der Waals surface area contributed by atoms with Crippen molar-refractivity contribution in [3.05, 3.63) is 46.7 Å². The largest absolute Gasteiger partial charge is 0.383 e. The van der Waals surface area contributed by atoms with Crippen LogP contribution >= 0.6 is 15.9 Å². The van der Waals surface area contributed by atoms with E-state index in [-0.39, 0.29) is 5.91 Å². The molecule has 0 aliphatic heterocycles. The molecule has 0 aliphatic rings. The Bertz CT molecular complexity index is 604. The lowest BCUT2D eigenvalue weighted by Crippen LogP contribution is -2.14. The maximum Gasteiger partial charge on any atom is 0.258 e. The van der Waals surface area contributed by atoms with Crippen LogP contribution in [0.25, 0.3) is 0 Å². The summed E-state index contributed by atoms with van der Waals surface area (Å²) in [4.78, 5) is 20.2. The molecule has 7 heteroatoms. The lowest BCUT2D eigenvalue weighted by molar-refractivity contribution is 0.102. The minimum atomic E-state index is -0.253. The Labute approximate surface area is 131 Å². The zero-order valence-corrected chi connectivity index (χ0v) is 13.1. The number of nitrogens with zero attached hydrogens (tertiary/aromatic N) is 2. The van der Waals surface area contributed by atoms with Crippen LogP contribution in [0.3, 0.4) is 0 Å². The highest BCUT2D eigenvalue weighted by Gasteiger charge is 2.07. The Kier molecular flexibility index (Phi) is 5.65. The molecule has 0 atom stereocenters. The van der Waals surface area contributed by atoms with Crippen LogP contribution in [0.5, 0.6) is 0 Å². The molecule has 0 saturated heterocycles. The highest BCUT2D eigenvalue weighted by atomic mass is 79.9. The van der Waals surface area contributed by atoms with E-state index in [1.54, 1.807) is 7.11 Å². The van der Waals surface area contributed by atoms with E-state index in [4.69, 9.17) is 4.74 Å². The van der Waals surface area contributed by atoms with Crippen molar-refractivity contribution in [1.29, 1.82) is 0 Å². The molecule has 2 aromatic rings. The number of aromatic nitrogens is 2. The molecule has 2 rings (SSSR count). The molecule has 0 unspecified atom stereocenters. The van der Waals surface area contributed by atoms with E-state index >= 15 is 0 Å². The van der Waals surface area contributed by atoms with E-state index in [9.17, 15) is 4.79 Å². The maximum atomic E-state index is 12.1. The molecule has 0 radical (unpaired) electrons. The normalized spacial score (nSPS) is 10.2. The van der Waals surface area contributed by atoms with E-state index in [2.05, 4.69) is 36.5 Å². The fourth-order valence-corrected chi connectivity index (χ4v) is 1.97. The van der Waals surface area contributed by atoms with Gasteiger partial charge in [-0.05, 0) is 18.2 Å². The van der Waals surface area contributed by atoms with E-state index in [0.29, 0.717) is 30.4 Å². The van der Waals surface area contributed by atoms with Gasteiger partial charge >= 0.3 is 0 Å². The highest BCUT2D eigenvalue weighted by Crippen LogP contribution is 2.16. The summed E-state index contributed by atoms with van der Waals surface area (Å²) < 4.78 is 5.81. The Morgan fingerprint density at radius 2 is 2.10 bits per heavy atom. The van der Waals surface area contributed by atoms with Crippen LogP contribution in [0.15, 0.2) is 41.1 Å². The second-order valence-corrected chi connectivity index (χ2v) is 5.10. The van der Waals surface area contributed by atoms with Crippen LogP contribution < -0.4 is 10.6 Å². The molecule has 0 bridgehead atoms. The fraction of sp³-hybridized carbons (Fsp3) is 0.214. The average Bonchev–Trinajstić information content (AvgIpc) is 2.48. The van der Waals surface area contributed by atoms with Gasteiger partial charge in [0.1, 0.15) is 0 Å². The maximum absolute atomic E-state index is 12.1. The molecule has 0 saturated carbocycles. The van der Waals surface area contributed by atoms with Gasteiger partial charge in [0.05, 0.1) is 12.2 Å². The lowest BCUT2D eigenvalue weighted by atomic mass is 10.3. The average molecular weight is 351 g/mol. The van der Waals surface area contributed by atoms with Gasteiger partial charge in [0, 0.05) is 36.2 Å². The molecule has 1 aromatic carbocycles. The van der Waals surface area contributed by atoms with E-state index in [1.807, 2.05) is 24.3 Å². The van der Waals surface area contributed by atoms with Crippen molar-refractivity contribution >= 4 is 33.5 Å². The molecule has 2 N–H and O–H groups in total. The second kappa shape index (κ2) is 7.70. The molecule has 21 heavy (non-hydrogen) atoms. The molecule has 0 fully saturated rings. The molecule has 0 aliphatic carbocycles. The van der Waals surface area contributed by atoms with Gasteiger partial charge in [0.15, 0.2) is 0 Å². The van der Waals surface area contributed by atoms with Crippen molar-refractivity contribution in [3.8, 4) is 0 Å². The van der Waals surface area contributed by atoms with Gasteiger partial charge < -0.3 is 15.4 Å². The summed E-state index contributed by atoms with van der Waals surface area (Å²) in [6.07, 6.45) is 2.96. The number of methoxy groups -OCH3 is 1. The summed E-state index contributed by atoms with van der Waals surface area (Å²) >= 11 is 3.35. The van der Waals surface area contributed by atoms with Gasteiger partial charge in [-0.2, -0.15) is 0 Å². The first-order chi connectivity index (χ1) is 10.2. The first kappa shape index (κ1) is 15.4. The first-order valence-corrected chi connectivity index (χ1v) is 7.10. The number of hydrogen-bond acceptors (Lipinski definition) is 5. The van der Waals surface area contributed by atoms with Gasteiger partial charge in [0.2, 0.25) is 5.95 Å². The number of benzene rings is 1. The fourth-order valence-electron chi connectivity index (χ4n) is 1.57. The van der Waals surface area contributed by atoms with Crippen LogP contribution in [0.1, 0.15) is 10.4 Å². The third kappa shape index (κ3) is 4.80. The Morgan fingerprint density at radius 3 is 2.76 bits per heavy atom. The number of rotatable bonds is 6. The van der Waals surface area contributed by atoms with Crippen LogP contribution in [0.4, 0.5) is 11.6 Å². The van der Waals surface area contributed by atoms with Crippen molar-refractivity contribution in [2.75, 3.05) is 30.9 Å². The minimum absolute atomic E-state index is 0.253. The summed E-state index contributed by atoms with van der Waals surface area (Å²) in [6.45, 7) is 1.18. The number of halogens is 1. The van der Waals surface area contributed by atoms with E-state index in [1.165, 1.54) is 12.4 Å². The molecule has 110 valence electrons. The monoisotopic (exact) mass is 350 g/mol. The van der Waals surface area contributed by atoms with E-state index in [0.717, 1.165) is 4.47 Å². The Hall–Kier alpha value is -1.99. The van der Waals surface area contributed by atoms with Crippen LogP contribution in [0, 0.1) is 0 Å². The lowest BCUT2D eigenvalue weighted by Gasteiger charge is -2.06. The van der Waals surface area contributed by atoms with Gasteiger partial charge in [-0.3, -0.25) is 4.79 Å². The van der Waals surface area contributed by atoms with Crippen LogP contribution in [-0.2, 0) is 4.74 Å². The van der Waals surface area contributed by atoms with Crippen molar-refractivity contribution in [2.45, 2.75) is 0 Å². The van der Waals surface area contributed by atoms with Gasteiger partial charge in [-0.25, -0.2) is 9.97 Å². The van der Waals surface area contributed by atoms with Crippen molar-refractivity contribution in [3.63, 3.8) is 0 Å². The molecule has 1 heterocycles. The van der Waals surface area contributed by atoms with Crippen molar-refractivity contribution < 1.29 is 9.53 Å². The molecule has 1 amide bonds. The number of amides is 1. The molecular weight excluding hydrogens is 336 g/mol. The number of nitrogens with one attached hydrogen (secondary N) is 2.